The van der Waals surface area contributed by atoms with E-state index in [9.17, 15) is 13.2 Å². The molecule has 0 aliphatic carbocycles. The predicted molar refractivity (Wildman–Crippen MR) is 79.8 cm³/mol. The Bertz CT molecular complexity index is 643. The number of hydrogen-bond donors (Lipinski definition) is 3. The lowest BCUT2D eigenvalue weighted by Gasteiger charge is -2.15. The molecule has 1 atom stereocenters. The molecule has 1 aliphatic heterocycles. The van der Waals surface area contributed by atoms with Gasteiger partial charge in [0.1, 0.15) is 0 Å². The van der Waals surface area contributed by atoms with Crippen LogP contribution >= 0.6 is 12.2 Å². The van der Waals surface area contributed by atoms with Gasteiger partial charge in [0.2, 0.25) is 0 Å². The summed E-state index contributed by atoms with van der Waals surface area (Å²) in [5, 5.41) is 15.0. The first-order valence-corrected chi connectivity index (χ1v) is 8.20. The van der Waals surface area contributed by atoms with Crippen molar-refractivity contribution in [3.05, 3.63) is 29.8 Å². The van der Waals surface area contributed by atoms with Gasteiger partial charge < -0.3 is 15.7 Å². The fourth-order valence-corrected chi connectivity index (χ4v) is 3.98. The van der Waals surface area contributed by atoms with E-state index in [1.165, 1.54) is 6.07 Å². The van der Waals surface area contributed by atoms with Crippen LogP contribution in [-0.2, 0) is 9.84 Å². The first kappa shape index (κ1) is 14.7. The standard InChI is InChI=1S/C12H14N2O4S2/c15-11(16)9-3-1-2-4-10(9)14-12(19)13-8-5-6-20(17,18)7-8/h1-4,8H,5-7H2,(H,15,16)(H2,13,14,19). The van der Waals surface area contributed by atoms with Crippen LogP contribution in [0.15, 0.2) is 24.3 Å². The van der Waals surface area contributed by atoms with Gasteiger partial charge in [-0.15, -0.1) is 0 Å². The smallest absolute Gasteiger partial charge is 0.337 e. The van der Waals surface area contributed by atoms with Crippen LogP contribution in [0.3, 0.4) is 0 Å². The third-order valence-electron chi connectivity index (χ3n) is 2.97. The number of nitrogens with one attached hydrogen (secondary N) is 2. The van der Waals surface area contributed by atoms with E-state index in [4.69, 9.17) is 17.3 Å². The minimum atomic E-state index is -2.98. The minimum absolute atomic E-state index is 0.0510. The van der Waals surface area contributed by atoms with Crippen molar-refractivity contribution in [2.75, 3.05) is 16.8 Å². The molecule has 8 heteroatoms. The number of benzene rings is 1. The Morgan fingerprint density at radius 2 is 2.05 bits per heavy atom. The van der Waals surface area contributed by atoms with E-state index in [0.717, 1.165) is 0 Å². The first-order valence-electron chi connectivity index (χ1n) is 5.98. The van der Waals surface area contributed by atoms with Gasteiger partial charge >= 0.3 is 5.97 Å². The Labute approximate surface area is 122 Å². The minimum Gasteiger partial charge on any atom is -0.478 e. The van der Waals surface area contributed by atoms with Crippen LogP contribution in [0, 0.1) is 0 Å². The molecule has 1 heterocycles. The van der Waals surface area contributed by atoms with Crippen LogP contribution in [0.1, 0.15) is 16.8 Å². The Morgan fingerprint density at radius 3 is 2.65 bits per heavy atom. The summed E-state index contributed by atoms with van der Waals surface area (Å²) >= 11 is 5.08. The van der Waals surface area contributed by atoms with Crippen molar-refractivity contribution in [3.63, 3.8) is 0 Å². The summed E-state index contributed by atoms with van der Waals surface area (Å²) in [6.07, 6.45) is 0.505. The molecule has 0 bridgehead atoms. The Kier molecular flexibility index (Phi) is 4.24. The molecule has 1 saturated heterocycles. The van der Waals surface area contributed by atoms with Gasteiger partial charge in [-0.3, -0.25) is 0 Å². The number of carboxylic acids is 1. The summed E-state index contributed by atoms with van der Waals surface area (Å²) in [7, 11) is -2.98. The molecule has 0 saturated carbocycles. The van der Waals surface area contributed by atoms with E-state index in [-0.39, 0.29) is 28.2 Å². The van der Waals surface area contributed by atoms with Crippen LogP contribution in [-0.4, -0.2) is 42.2 Å². The summed E-state index contributed by atoms with van der Waals surface area (Å²) in [6.45, 7) is 0. The van der Waals surface area contributed by atoms with Gasteiger partial charge in [-0.05, 0) is 30.8 Å². The van der Waals surface area contributed by atoms with E-state index in [0.29, 0.717) is 12.1 Å². The Morgan fingerprint density at radius 1 is 1.35 bits per heavy atom. The van der Waals surface area contributed by atoms with E-state index in [2.05, 4.69) is 10.6 Å². The average Bonchev–Trinajstić information content (AvgIpc) is 2.68. The van der Waals surface area contributed by atoms with E-state index >= 15 is 0 Å². The second-order valence-corrected chi connectivity index (χ2v) is 7.19. The first-order chi connectivity index (χ1) is 9.37. The number of carboxylic acid groups (broad SMARTS) is 1. The van der Waals surface area contributed by atoms with Crippen molar-refractivity contribution >= 4 is 38.8 Å². The SMILES string of the molecule is O=C(O)c1ccccc1NC(=S)NC1CCS(=O)(=O)C1. The molecule has 108 valence electrons. The Hall–Kier alpha value is -1.67. The number of rotatable bonds is 3. The number of hydrogen-bond acceptors (Lipinski definition) is 4. The number of anilines is 1. The third kappa shape index (κ3) is 3.67. The van der Waals surface area contributed by atoms with Crippen molar-refractivity contribution in [2.24, 2.45) is 0 Å². The molecule has 0 radical (unpaired) electrons. The van der Waals surface area contributed by atoms with E-state index < -0.39 is 15.8 Å². The Balaban J connectivity index is 2.01. The molecule has 0 spiro atoms. The molecule has 1 fully saturated rings. The normalized spacial score (nSPS) is 20.3. The second-order valence-electron chi connectivity index (χ2n) is 4.55. The topological polar surface area (TPSA) is 95.5 Å². The summed E-state index contributed by atoms with van der Waals surface area (Å²) < 4.78 is 22.7. The van der Waals surface area contributed by atoms with E-state index in [1.807, 2.05) is 0 Å². The second kappa shape index (κ2) is 5.76. The monoisotopic (exact) mass is 314 g/mol. The largest absolute Gasteiger partial charge is 0.478 e. The maximum Gasteiger partial charge on any atom is 0.337 e. The van der Waals surface area contributed by atoms with Gasteiger partial charge in [-0.1, -0.05) is 12.1 Å². The lowest BCUT2D eigenvalue weighted by Crippen LogP contribution is -2.38. The number of carbonyl (C=O) groups is 1. The molecule has 3 N–H and O–H groups in total. The molecule has 0 amide bonds. The zero-order chi connectivity index (χ0) is 14.8. The van der Waals surface area contributed by atoms with Crippen molar-refractivity contribution in [1.82, 2.24) is 5.32 Å². The van der Waals surface area contributed by atoms with Gasteiger partial charge in [0, 0.05) is 6.04 Å². The van der Waals surface area contributed by atoms with Gasteiger partial charge in [0.05, 0.1) is 22.8 Å². The lowest BCUT2D eigenvalue weighted by molar-refractivity contribution is 0.0698. The molecule has 20 heavy (non-hydrogen) atoms. The fourth-order valence-electron chi connectivity index (χ4n) is 2.03. The maximum absolute atomic E-state index is 11.3. The summed E-state index contributed by atoms with van der Waals surface area (Å²) in [6, 6.07) is 6.15. The van der Waals surface area contributed by atoms with Gasteiger partial charge in [0.25, 0.3) is 0 Å². The van der Waals surface area contributed by atoms with Crippen LogP contribution in [0.4, 0.5) is 5.69 Å². The molecule has 2 rings (SSSR count). The maximum atomic E-state index is 11.3. The molecule has 6 nitrogen and oxygen atoms in total. The van der Waals surface area contributed by atoms with Crippen LogP contribution in [0.5, 0.6) is 0 Å². The average molecular weight is 314 g/mol. The molecule has 0 aromatic heterocycles. The molecule has 1 aromatic carbocycles. The zero-order valence-corrected chi connectivity index (χ0v) is 12.1. The molecule has 1 aromatic rings. The molecular weight excluding hydrogens is 300 g/mol. The highest BCUT2D eigenvalue weighted by Gasteiger charge is 2.28. The van der Waals surface area contributed by atoms with Crippen molar-refractivity contribution in [2.45, 2.75) is 12.5 Å². The molecule has 1 aliphatic rings. The number of sulfone groups is 1. The van der Waals surface area contributed by atoms with Crippen LogP contribution in [0.2, 0.25) is 0 Å². The number of para-hydroxylation sites is 1. The predicted octanol–water partition coefficient (Wildman–Crippen LogP) is 0.858. The summed E-state index contributed by atoms with van der Waals surface area (Å²) in [5.41, 5.74) is 0.481. The quantitative estimate of drug-likeness (QED) is 0.712. The highest BCUT2D eigenvalue weighted by Crippen LogP contribution is 2.16. The van der Waals surface area contributed by atoms with Crippen LogP contribution < -0.4 is 10.6 Å². The lowest BCUT2D eigenvalue weighted by atomic mass is 10.2. The van der Waals surface area contributed by atoms with Gasteiger partial charge in [-0.2, -0.15) is 0 Å². The van der Waals surface area contributed by atoms with E-state index in [1.54, 1.807) is 18.2 Å². The van der Waals surface area contributed by atoms with Crippen molar-refractivity contribution in [1.29, 1.82) is 0 Å². The van der Waals surface area contributed by atoms with Crippen molar-refractivity contribution < 1.29 is 18.3 Å². The van der Waals surface area contributed by atoms with Crippen LogP contribution in [0.25, 0.3) is 0 Å². The number of aromatic carboxylic acids is 1. The third-order valence-corrected chi connectivity index (χ3v) is 4.96. The number of thiocarbonyl (C=S) groups is 1. The highest BCUT2D eigenvalue weighted by atomic mass is 32.2. The molecule has 1 unspecified atom stereocenters. The van der Waals surface area contributed by atoms with Crippen molar-refractivity contribution in [3.8, 4) is 0 Å². The highest BCUT2D eigenvalue weighted by molar-refractivity contribution is 7.91. The van der Waals surface area contributed by atoms with Gasteiger partial charge in [-0.25, -0.2) is 13.2 Å². The zero-order valence-electron chi connectivity index (χ0n) is 10.5. The van der Waals surface area contributed by atoms with Gasteiger partial charge in [0.15, 0.2) is 14.9 Å². The fraction of sp³-hybridized carbons (Fsp3) is 0.333. The summed E-state index contributed by atoms with van der Waals surface area (Å²) in [5.74, 6) is -0.853. The summed E-state index contributed by atoms with van der Waals surface area (Å²) in [4.78, 5) is 11.0. The molecular formula is C12H14N2O4S2.